The van der Waals surface area contributed by atoms with Crippen LogP contribution in [0.5, 0.6) is 5.75 Å². The molecule has 0 saturated carbocycles. The maximum absolute atomic E-state index is 12.9. The second-order valence-electron chi connectivity index (χ2n) is 4.33. The van der Waals surface area contributed by atoms with Gasteiger partial charge in [-0.25, -0.2) is 4.39 Å². The van der Waals surface area contributed by atoms with Crippen LogP contribution in [0.1, 0.15) is 24.1 Å². The van der Waals surface area contributed by atoms with Gasteiger partial charge < -0.3 is 10.4 Å². The van der Waals surface area contributed by atoms with Crippen LogP contribution in [0.3, 0.4) is 0 Å². The molecule has 0 aliphatic carbocycles. The molecule has 0 bridgehead atoms. The van der Waals surface area contributed by atoms with E-state index >= 15 is 0 Å². The number of nitrogens with one attached hydrogen (secondary N) is 1. The zero-order valence-corrected chi connectivity index (χ0v) is 10.4. The first-order valence-electron chi connectivity index (χ1n) is 5.75. The normalized spacial score (nSPS) is 12.6. The Morgan fingerprint density at radius 3 is 2.89 bits per heavy atom. The third-order valence-electron chi connectivity index (χ3n) is 2.83. The molecule has 0 aliphatic heterocycles. The molecule has 0 radical (unpaired) electrons. The zero-order valence-electron chi connectivity index (χ0n) is 10.4. The molecule has 0 aliphatic rings. The average Bonchev–Trinajstić information content (AvgIpc) is 2.72. The Hall–Kier alpha value is -1.88. The van der Waals surface area contributed by atoms with E-state index in [4.69, 9.17) is 0 Å². The fourth-order valence-corrected chi connectivity index (χ4v) is 1.83. The fraction of sp³-hybridized carbons (Fsp3) is 0.308. The van der Waals surface area contributed by atoms with Crippen LogP contribution in [-0.2, 0) is 13.6 Å². The molecule has 1 heterocycles. The first-order chi connectivity index (χ1) is 8.56. The molecule has 1 aromatic heterocycles. The molecule has 0 spiro atoms. The average molecular weight is 249 g/mol. The number of halogens is 1. The molecule has 2 rings (SSSR count). The Morgan fingerprint density at radius 2 is 2.28 bits per heavy atom. The number of hydrogen-bond acceptors (Lipinski definition) is 3. The third kappa shape index (κ3) is 2.87. The molecule has 18 heavy (non-hydrogen) atoms. The van der Waals surface area contributed by atoms with Crippen LogP contribution in [0.2, 0.25) is 0 Å². The predicted molar refractivity (Wildman–Crippen MR) is 66.5 cm³/mol. The Bertz CT molecular complexity index is 539. The zero-order chi connectivity index (χ0) is 13.1. The van der Waals surface area contributed by atoms with E-state index in [9.17, 15) is 9.50 Å². The number of aryl methyl sites for hydroxylation is 1. The molecule has 0 saturated heterocycles. The lowest BCUT2D eigenvalue weighted by atomic mass is 10.1. The van der Waals surface area contributed by atoms with Crippen LogP contribution in [0.4, 0.5) is 4.39 Å². The van der Waals surface area contributed by atoms with E-state index in [1.165, 1.54) is 6.07 Å². The monoisotopic (exact) mass is 249 g/mol. The Labute approximate surface area is 105 Å². The van der Waals surface area contributed by atoms with Gasteiger partial charge in [-0.15, -0.1) is 0 Å². The summed E-state index contributed by atoms with van der Waals surface area (Å²) >= 11 is 0. The highest BCUT2D eigenvalue weighted by Gasteiger charge is 2.10. The molecular formula is C13H16FN3O. The lowest BCUT2D eigenvalue weighted by Gasteiger charge is -2.15. The van der Waals surface area contributed by atoms with Crippen molar-refractivity contribution in [1.82, 2.24) is 15.1 Å². The number of aromatic nitrogens is 2. The number of hydrogen-bond donors (Lipinski definition) is 2. The van der Waals surface area contributed by atoms with Crippen LogP contribution in [0, 0.1) is 5.82 Å². The predicted octanol–water partition coefficient (Wildman–Crippen LogP) is 2.12. The SMILES string of the molecule is CC(NCc1cnn(C)c1)c1ccc(F)cc1O. The van der Waals surface area contributed by atoms with Gasteiger partial charge in [-0.3, -0.25) is 4.68 Å². The van der Waals surface area contributed by atoms with Crippen molar-refractivity contribution < 1.29 is 9.50 Å². The summed E-state index contributed by atoms with van der Waals surface area (Å²) in [7, 11) is 1.86. The van der Waals surface area contributed by atoms with E-state index in [1.54, 1.807) is 16.9 Å². The molecule has 5 heteroatoms. The lowest BCUT2D eigenvalue weighted by molar-refractivity contribution is 0.446. The third-order valence-corrected chi connectivity index (χ3v) is 2.83. The maximum atomic E-state index is 12.9. The molecule has 4 nitrogen and oxygen atoms in total. The van der Waals surface area contributed by atoms with Gasteiger partial charge in [0, 0.05) is 43.0 Å². The van der Waals surface area contributed by atoms with Gasteiger partial charge in [0.15, 0.2) is 0 Å². The highest BCUT2D eigenvalue weighted by atomic mass is 19.1. The minimum Gasteiger partial charge on any atom is -0.508 e. The Balaban J connectivity index is 2.01. The van der Waals surface area contributed by atoms with Gasteiger partial charge in [0.1, 0.15) is 11.6 Å². The summed E-state index contributed by atoms with van der Waals surface area (Å²) in [4.78, 5) is 0. The summed E-state index contributed by atoms with van der Waals surface area (Å²) in [5.41, 5.74) is 1.74. The first-order valence-corrected chi connectivity index (χ1v) is 5.75. The summed E-state index contributed by atoms with van der Waals surface area (Å²) in [6, 6.07) is 3.99. The second kappa shape index (κ2) is 5.18. The Morgan fingerprint density at radius 1 is 1.50 bits per heavy atom. The molecule has 1 unspecified atom stereocenters. The van der Waals surface area contributed by atoms with Crippen molar-refractivity contribution in [3.63, 3.8) is 0 Å². The number of aromatic hydroxyl groups is 1. The molecule has 0 amide bonds. The molecule has 1 aromatic carbocycles. The largest absolute Gasteiger partial charge is 0.508 e. The second-order valence-corrected chi connectivity index (χ2v) is 4.33. The van der Waals surface area contributed by atoms with E-state index in [0.29, 0.717) is 12.1 Å². The van der Waals surface area contributed by atoms with E-state index in [2.05, 4.69) is 10.4 Å². The molecular weight excluding hydrogens is 233 g/mol. The van der Waals surface area contributed by atoms with Crippen molar-refractivity contribution in [1.29, 1.82) is 0 Å². The lowest BCUT2D eigenvalue weighted by Crippen LogP contribution is -2.18. The smallest absolute Gasteiger partial charge is 0.126 e. The van der Waals surface area contributed by atoms with Gasteiger partial charge in [-0.05, 0) is 13.0 Å². The molecule has 0 fully saturated rings. The number of phenolic OH excluding ortho intramolecular Hbond substituents is 1. The van der Waals surface area contributed by atoms with E-state index in [-0.39, 0.29) is 11.8 Å². The number of phenols is 1. The topological polar surface area (TPSA) is 50.1 Å². The number of nitrogens with zero attached hydrogens (tertiary/aromatic N) is 2. The van der Waals surface area contributed by atoms with Crippen molar-refractivity contribution in [3.05, 3.63) is 47.5 Å². The molecule has 1 atom stereocenters. The standard InChI is InChI=1S/C13H16FN3O/c1-9(12-4-3-11(14)5-13(12)18)15-6-10-7-16-17(2)8-10/h3-5,7-9,15,18H,6H2,1-2H3. The van der Waals surface area contributed by atoms with E-state index in [0.717, 1.165) is 11.6 Å². The van der Waals surface area contributed by atoms with Crippen molar-refractivity contribution >= 4 is 0 Å². The van der Waals surface area contributed by atoms with E-state index in [1.807, 2.05) is 20.2 Å². The number of rotatable bonds is 4. The van der Waals surface area contributed by atoms with Crippen molar-refractivity contribution in [2.45, 2.75) is 19.5 Å². The van der Waals surface area contributed by atoms with Crippen LogP contribution in [-0.4, -0.2) is 14.9 Å². The molecule has 2 N–H and O–H groups in total. The summed E-state index contributed by atoms with van der Waals surface area (Å²) in [6.07, 6.45) is 3.70. The van der Waals surface area contributed by atoms with Gasteiger partial charge in [-0.1, -0.05) is 6.07 Å². The first kappa shape index (κ1) is 12.6. The molecule has 96 valence electrons. The van der Waals surface area contributed by atoms with Crippen LogP contribution < -0.4 is 5.32 Å². The Kier molecular flexibility index (Phi) is 3.62. The van der Waals surface area contributed by atoms with Crippen LogP contribution in [0.25, 0.3) is 0 Å². The van der Waals surface area contributed by atoms with Crippen molar-refractivity contribution in [2.75, 3.05) is 0 Å². The minimum atomic E-state index is -0.435. The van der Waals surface area contributed by atoms with Gasteiger partial charge in [0.25, 0.3) is 0 Å². The van der Waals surface area contributed by atoms with Crippen LogP contribution in [0.15, 0.2) is 30.6 Å². The van der Waals surface area contributed by atoms with Crippen molar-refractivity contribution in [2.24, 2.45) is 7.05 Å². The summed E-state index contributed by atoms with van der Waals surface area (Å²) in [6.45, 7) is 2.56. The van der Waals surface area contributed by atoms with Gasteiger partial charge >= 0.3 is 0 Å². The maximum Gasteiger partial charge on any atom is 0.126 e. The van der Waals surface area contributed by atoms with Crippen molar-refractivity contribution in [3.8, 4) is 5.75 Å². The quantitative estimate of drug-likeness (QED) is 0.872. The van der Waals surface area contributed by atoms with Crippen LogP contribution >= 0.6 is 0 Å². The van der Waals surface area contributed by atoms with Gasteiger partial charge in [0.2, 0.25) is 0 Å². The number of benzene rings is 1. The van der Waals surface area contributed by atoms with Gasteiger partial charge in [0.05, 0.1) is 6.20 Å². The summed E-state index contributed by atoms with van der Waals surface area (Å²) < 4.78 is 14.6. The summed E-state index contributed by atoms with van der Waals surface area (Å²) in [5, 5.41) is 17.0. The molecule has 2 aromatic rings. The fourth-order valence-electron chi connectivity index (χ4n) is 1.83. The summed E-state index contributed by atoms with van der Waals surface area (Å²) in [5.74, 6) is -0.461. The highest BCUT2D eigenvalue weighted by molar-refractivity contribution is 5.34. The van der Waals surface area contributed by atoms with Gasteiger partial charge in [-0.2, -0.15) is 5.10 Å². The highest BCUT2D eigenvalue weighted by Crippen LogP contribution is 2.24. The van der Waals surface area contributed by atoms with E-state index < -0.39 is 5.82 Å². The minimum absolute atomic E-state index is 0.0267.